The highest BCUT2D eigenvalue weighted by atomic mass is 32.1. The molecule has 1 amide bonds. The first-order valence-corrected chi connectivity index (χ1v) is 9.66. The van der Waals surface area contributed by atoms with Gasteiger partial charge in [0.15, 0.2) is 15.6 Å². The third-order valence-electron chi connectivity index (χ3n) is 4.43. The molecule has 7 nitrogen and oxygen atoms in total. The predicted molar refractivity (Wildman–Crippen MR) is 112 cm³/mol. The van der Waals surface area contributed by atoms with Crippen LogP contribution in [0.25, 0.3) is 16.6 Å². The number of anilines is 1. The third-order valence-corrected chi connectivity index (χ3v) is 5.80. The number of ether oxygens (including phenoxy) is 2. The summed E-state index contributed by atoms with van der Waals surface area (Å²) < 4.78 is 39.3. The van der Waals surface area contributed by atoms with Gasteiger partial charge in [-0.05, 0) is 30.4 Å². The van der Waals surface area contributed by atoms with Gasteiger partial charge in [0.25, 0.3) is 11.5 Å². The summed E-state index contributed by atoms with van der Waals surface area (Å²) >= 11 is 6.23. The van der Waals surface area contributed by atoms with Crippen LogP contribution in [0.2, 0.25) is 0 Å². The molecule has 0 atom stereocenters. The van der Waals surface area contributed by atoms with Crippen LogP contribution >= 0.6 is 23.6 Å². The molecule has 2 aromatic carbocycles. The minimum atomic E-state index is -1.16. The molecule has 0 saturated carbocycles. The van der Waals surface area contributed by atoms with Crippen molar-refractivity contribution >= 4 is 51.7 Å². The first kappa shape index (κ1) is 20.0. The summed E-state index contributed by atoms with van der Waals surface area (Å²) in [6.07, 6.45) is 0. The monoisotopic (exact) mass is 449 g/mol. The van der Waals surface area contributed by atoms with Crippen molar-refractivity contribution in [1.82, 2.24) is 9.38 Å². The van der Waals surface area contributed by atoms with Crippen LogP contribution in [0.3, 0.4) is 0 Å². The van der Waals surface area contributed by atoms with E-state index in [1.54, 1.807) is 18.2 Å². The number of hydrogen-bond donors (Lipinski definition) is 2. The van der Waals surface area contributed by atoms with Gasteiger partial charge in [-0.25, -0.2) is 8.78 Å². The topological polar surface area (TPSA) is 84.8 Å². The number of benzene rings is 2. The molecule has 4 aromatic rings. The Labute approximate surface area is 176 Å². The van der Waals surface area contributed by atoms with Gasteiger partial charge < -0.3 is 19.8 Å². The van der Waals surface area contributed by atoms with Gasteiger partial charge in [0, 0.05) is 12.1 Å². The number of fused-ring (bicyclic) bond motifs is 3. The minimum absolute atomic E-state index is 0.0620. The summed E-state index contributed by atoms with van der Waals surface area (Å²) in [5.74, 6) is -1.96. The average Bonchev–Trinajstić information content (AvgIpc) is 3.05. The van der Waals surface area contributed by atoms with Gasteiger partial charge in [-0.2, -0.15) is 0 Å². The van der Waals surface area contributed by atoms with Crippen LogP contribution in [0, 0.1) is 15.6 Å². The number of carbonyl (C=O) groups excluding carboxylic acids is 1. The van der Waals surface area contributed by atoms with Crippen molar-refractivity contribution < 1.29 is 23.0 Å². The van der Waals surface area contributed by atoms with E-state index in [-0.39, 0.29) is 25.4 Å². The maximum absolute atomic E-state index is 13.8. The number of nitrogens with zero attached hydrogens (tertiary/aromatic N) is 1. The van der Waals surface area contributed by atoms with Gasteiger partial charge in [0.1, 0.15) is 22.0 Å². The molecule has 4 rings (SSSR count). The van der Waals surface area contributed by atoms with Crippen molar-refractivity contribution in [2.24, 2.45) is 0 Å². The number of aromatic amines is 1. The van der Waals surface area contributed by atoms with Gasteiger partial charge in [0.05, 0.1) is 30.8 Å². The van der Waals surface area contributed by atoms with Crippen LogP contribution in [-0.4, -0.2) is 29.5 Å². The van der Waals surface area contributed by atoms with Crippen molar-refractivity contribution in [2.45, 2.75) is 0 Å². The summed E-state index contributed by atoms with van der Waals surface area (Å²) in [4.78, 5) is 28.0. The third kappa shape index (κ3) is 3.21. The zero-order valence-corrected chi connectivity index (χ0v) is 17.2. The van der Waals surface area contributed by atoms with E-state index in [0.717, 1.165) is 23.5 Å². The molecule has 0 radical (unpaired) electrons. The summed E-state index contributed by atoms with van der Waals surface area (Å²) in [6.45, 7) is 0. The minimum Gasteiger partial charge on any atom is -0.497 e. The first-order chi connectivity index (χ1) is 14.3. The van der Waals surface area contributed by atoms with E-state index < -0.39 is 23.1 Å². The fourth-order valence-electron chi connectivity index (χ4n) is 3.03. The number of H-pyrrole nitrogens is 1. The Balaban J connectivity index is 1.88. The Morgan fingerprint density at radius 2 is 1.90 bits per heavy atom. The number of nitrogens with one attached hydrogen (secondary N) is 2. The average molecular weight is 449 g/mol. The SMILES string of the molecule is COc1ccc(OC)c(NC(=O)c2sc(=S)n3c2[nH]c(=O)c2cc(F)c(F)cc23)c1. The second-order valence-corrected chi connectivity index (χ2v) is 7.78. The smallest absolute Gasteiger partial charge is 0.269 e. The number of carbonyl (C=O) groups is 1. The summed E-state index contributed by atoms with van der Waals surface area (Å²) in [6, 6.07) is 6.54. The lowest BCUT2D eigenvalue weighted by Gasteiger charge is -2.11. The van der Waals surface area contributed by atoms with Crippen molar-refractivity contribution in [1.29, 1.82) is 0 Å². The molecule has 2 heterocycles. The number of halogens is 2. The quantitative estimate of drug-likeness (QED) is 0.458. The van der Waals surface area contributed by atoms with E-state index in [4.69, 9.17) is 21.7 Å². The van der Waals surface area contributed by atoms with Crippen molar-refractivity contribution in [2.75, 3.05) is 19.5 Å². The van der Waals surface area contributed by atoms with E-state index in [1.165, 1.54) is 18.6 Å². The molecule has 154 valence electrons. The maximum Gasteiger partial charge on any atom is 0.269 e. The molecule has 0 aliphatic carbocycles. The molecular weight excluding hydrogens is 436 g/mol. The Kier molecular flexibility index (Phi) is 5.00. The Hall–Kier alpha value is -3.31. The molecule has 0 fully saturated rings. The molecule has 2 aromatic heterocycles. The lowest BCUT2D eigenvalue weighted by molar-refractivity contribution is 0.103. The molecule has 0 aliphatic heterocycles. The fraction of sp³-hybridized carbons (Fsp3) is 0.105. The second-order valence-electron chi connectivity index (χ2n) is 6.14. The van der Waals surface area contributed by atoms with Crippen LogP contribution in [0.4, 0.5) is 14.5 Å². The molecule has 0 spiro atoms. The number of methoxy groups -OCH3 is 2. The maximum atomic E-state index is 13.8. The zero-order chi connectivity index (χ0) is 21.6. The molecule has 0 unspecified atom stereocenters. The molecule has 2 N–H and O–H groups in total. The summed E-state index contributed by atoms with van der Waals surface area (Å²) in [5.41, 5.74) is -0.194. The molecule has 11 heteroatoms. The first-order valence-electron chi connectivity index (χ1n) is 8.44. The van der Waals surface area contributed by atoms with Crippen molar-refractivity contribution in [3.63, 3.8) is 0 Å². The van der Waals surface area contributed by atoms with Gasteiger partial charge in [-0.15, -0.1) is 0 Å². The second kappa shape index (κ2) is 7.50. The lowest BCUT2D eigenvalue weighted by atomic mass is 10.2. The van der Waals surface area contributed by atoms with Crippen LogP contribution in [0.5, 0.6) is 11.5 Å². The highest BCUT2D eigenvalue weighted by Crippen LogP contribution is 2.31. The molecule has 0 aliphatic rings. The van der Waals surface area contributed by atoms with E-state index in [0.29, 0.717) is 17.2 Å². The molecule has 30 heavy (non-hydrogen) atoms. The number of aromatic nitrogens is 2. The van der Waals surface area contributed by atoms with E-state index in [9.17, 15) is 18.4 Å². The van der Waals surface area contributed by atoms with Gasteiger partial charge in [-0.1, -0.05) is 11.3 Å². The van der Waals surface area contributed by atoms with Gasteiger partial charge in [-0.3, -0.25) is 14.0 Å². The van der Waals surface area contributed by atoms with Crippen molar-refractivity contribution in [3.05, 3.63) is 61.2 Å². The normalized spacial score (nSPS) is 11.1. The van der Waals surface area contributed by atoms with Crippen LogP contribution in [0.1, 0.15) is 9.67 Å². The summed E-state index contributed by atoms with van der Waals surface area (Å²) in [5, 5.41) is 2.61. The molecule has 0 bridgehead atoms. The number of amides is 1. The van der Waals surface area contributed by atoms with Gasteiger partial charge >= 0.3 is 0 Å². The Morgan fingerprint density at radius 3 is 2.60 bits per heavy atom. The highest BCUT2D eigenvalue weighted by Gasteiger charge is 2.20. The number of rotatable bonds is 4. The largest absolute Gasteiger partial charge is 0.497 e. The predicted octanol–water partition coefficient (Wildman–Crippen LogP) is 4.12. The van der Waals surface area contributed by atoms with E-state index in [2.05, 4.69) is 10.3 Å². The molecule has 0 saturated heterocycles. The number of thiazole rings is 1. The van der Waals surface area contributed by atoms with Crippen molar-refractivity contribution in [3.8, 4) is 11.5 Å². The number of hydrogen-bond acceptors (Lipinski definition) is 6. The zero-order valence-electron chi connectivity index (χ0n) is 15.5. The van der Waals surface area contributed by atoms with Crippen LogP contribution in [0.15, 0.2) is 35.1 Å². The fourth-order valence-corrected chi connectivity index (χ4v) is 4.31. The standard InChI is InChI=1S/C19H13F2N3O4S2/c1-27-8-3-4-14(28-2)12(5-8)22-18(26)15-16-23-17(25)9-6-10(20)11(21)7-13(9)24(16)19(29)30-15/h3-7H,1-2H3,(H,22,26)(H,23,25). The van der Waals surface area contributed by atoms with Crippen LogP contribution < -0.4 is 20.3 Å². The molecular formula is C19H13F2N3O4S2. The van der Waals surface area contributed by atoms with Crippen LogP contribution in [-0.2, 0) is 0 Å². The van der Waals surface area contributed by atoms with E-state index in [1.807, 2.05) is 0 Å². The Morgan fingerprint density at radius 1 is 1.17 bits per heavy atom. The van der Waals surface area contributed by atoms with Gasteiger partial charge in [0.2, 0.25) is 0 Å². The van der Waals surface area contributed by atoms with E-state index >= 15 is 0 Å². The Bertz CT molecular complexity index is 1440. The lowest BCUT2D eigenvalue weighted by Crippen LogP contribution is -2.15. The highest BCUT2D eigenvalue weighted by molar-refractivity contribution is 7.73. The summed E-state index contributed by atoms with van der Waals surface area (Å²) in [7, 11) is 2.94.